The summed E-state index contributed by atoms with van der Waals surface area (Å²) in [6.45, 7) is 8.21. The quantitative estimate of drug-likeness (QED) is 0.357. The molecule has 2 heteroatoms. The molecule has 0 aliphatic heterocycles. The van der Waals surface area contributed by atoms with Crippen molar-refractivity contribution in [3.8, 4) is 0 Å². The molecule has 0 aliphatic carbocycles. The zero-order valence-electron chi connectivity index (χ0n) is 13.6. The monoisotopic (exact) mass is 282 g/mol. The van der Waals surface area contributed by atoms with E-state index < -0.39 is 0 Å². The van der Waals surface area contributed by atoms with Crippen LogP contribution in [-0.4, -0.2) is 17.5 Å². The summed E-state index contributed by atoms with van der Waals surface area (Å²) < 4.78 is 0. The molecule has 0 aromatic rings. The van der Waals surface area contributed by atoms with E-state index >= 15 is 0 Å². The predicted molar refractivity (Wildman–Crippen MR) is 86.9 cm³/mol. The van der Waals surface area contributed by atoms with Crippen molar-refractivity contribution >= 4 is 5.78 Å². The van der Waals surface area contributed by atoms with Crippen molar-refractivity contribution in [2.24, 2.45) is 5.92 Å². The van der Waals surface area contributed by atoms with Gasteiger partial charge in [0.15, 0.2) is 0 Å². The van der Waals surface area contributed by atoms with Gasteiger partial charge in [-0.15, -0.1) is 0 Å². The molecule has 0 saturated heterocycles. The molecule has 0 aromatic carbocycles. The normalized spacial score (nSPS) is 12.3. The fourth-order valence-electron chi connectivity index (χ4n) is 2.56. The molecule has 0 fully saturated rings. The van der Waals surface area contributed by atoms with E-state index in [4.69, 9.17) is 0 Å². The molecule has 1 atom stereocenters. The summed E-state index contributed by atoms with van der Waals surface area (Å²) in [6.07, 6.45) is 12.1. The fraction of sp³-hybridized carbons (Fsp3) is 0.833. The lowest BCUT2D eigenvalue weighted by Gasteiger charge is -2.17. The minimum Gasteiger partial charge on any atom is -0.392 e. The topological polar surface area (TPSA) is 37.3 Å². The highest BCUT2D eigenvalue weighted by Gasteiger charge is 2.20. The number of unbranched alkanes of at least 4 members (excludes halogenated alkanes) is 7. The van der Waals surface area contributed by atoms with Crippen LogP contribution in [0.2, 0.25) is 0 Å². The van der Waals surface area contributed by atoms with Crippen LogP contribution in [0.5, 0.6) is 0 Å². The zero-order valence-corrected chi connectivity index (χ0v) is 13.6. The molecule has 0 saturated carbocycles. The Morgan fingerprint density at radius 1 is 0.950 bits per heavy atom. The van der Waals surface area contributed by atoms with Crippen molar-refractivity contribution in [1.29, 1.82) is 0 Å². The second kappa shape index (κ2) is 13.4. The Balaban J connectivity index is 4.04. The van der Waals surface area contributed by atoms with Crippen molar-refractivity contribution in [2.75, 3.05) is 6.61 Å². The summed E-state index contributed by atoms with van der Waals surface area (Å²) in [6, 6.07) is 0. The van der Waals surface area contributed by atoms with Crippen LogP contribution in [0, 0.1) is 5.92 Å². The number of carbonyl (C=O) groups is 1. The second-order valence-electron chi connectivity index (χ2n) is 5.85. The van der Waals surface area contributed by atoms with Gasteiger partial charge in [-0.05, 0) is 18.4 Å². The van der Waals surface area contributed by atoms with Crippen molar-refractivity contribution < 1.29 is 9.90 Å². The molecule has 1 unspecified atom stereocenters. The van der Waals surface area contributed by atoms with Crippen LogP contribution in [0.25, 0.3) is 0 Å². The fourth-order valence-corrected chi connectivity index (χ4v) is 2.56. The van der Waals surface area contributed by atoms with Gasteiger partial charge in [0, 0.05) is 12.3 Å². The van der Waals surface area contributed by atoms with Gasteiger partial charge < -0.3 is 5.11 Å². The van der Waals surface area contributed by atoms with Gasteiger partial charge in [0.1, 0.15) is 5.78 Å². The van der Waals surface area contributed by atoms with Crippen LogP contribution in [-0.2, 0) is 4.79 Å². The lowest BCUT2D eigenvalue weighted by molar-refractivity contribution is -0.122. The van der Waals surface area contributed by atoms with E-state index in [-0.39, 0.29) is 18.3 Å². The van der Waals surface area contributed by atoms with E-state index in [0.717, 1.165) is 25.7 Å². The van der Waals surface area contributed by atoms with E-state index in [1.165, 1.54) is 38.5 Å². The maximum atomic E-state index is 12.3. The lowest BCUT2D eigenvalue weighted by atomic mass is 9.88. The molecule has 2 nitrogen and oxygen atoms in total. The van der Waals surface area contributed by atoms with Gasteiger partial charge in [-0.1, -0.05) is 71.8 Å². The number of Topliss-reactive ketones (excluding diaryl/α,β-unsaturated/α-hetero) is 1. The Morgan fingerprint density at radius 2 is 1.50 bits per heavy atom. The first-order chi connectivity index (χ1) is 9.67. The van der Waals surface area contributed by atoms with E-state index in [1.807, 2.05) is 0 Å². The third-order valence-corrected chi connectivity index (χ3v) is 3.96. The molecule has 118 valence electrons. The van der Waals surface area contributed by atoms with Gasteiger partial charge in [-0.2, -0.15) is 0 Å². The number of aliphatic hydroxyl groups excluding tert-OH is 1. The minimum atomic E-state index is -0.108. The molecule has 0 aliphatic rings. The molecule has 0 amide bonds. The predicted octanol–water partition coefficient (Wildman–Crippen LogP) is 5.05. The molecule has 20 heavy (non-hydrogen) atoms. The van der Waals surface area contributed by atoms with Crippen molar-refractivity contribution in [1.82, 2.24) is 0 Å². The third kappa shape index (κ3) is 9.30. The average Bonchev–Trinajstić information content (AvgIpc) is 2.46. The summed E-state index contributed by atoms with van der Waals surface area (Å²) in [7, 11) is 0. The Kier molecular flexibility index (Phi) is 12.9. The summed E-state index contributed by atoms with van der Waals surface area (Å²) in [5, 5.41) is 9.25. The minimum absolute atomic E-state index is 0.0555. The van der Waals surface area contributed by atoms with E-state index in [2.05, 4.69) is 20.4 Å². The molecule has 0 bridgehead atoms. The highest BCUT2D eigenvalue weighted by atomic mass is 16.3. The average molecular weight is 282 g/mol. The lowest BCUT2D eigenvalue weighted by Crippen LogP contribution is -2.18. The smallest absolute Gasteiger partial charge is 0.140 e. The van der Waals surface area contributed by atoms with E-state index in [0.29, 0.717) is 12.0 Å². The number of hydrogen-bond acceptors (Lipinski definition) is 2. The Bertz CT molecular complexity index is 258. The second-order valence-corrected chi connectivity index (χ2v) is 5.85. The molecule has 0 radical (unpaired) electrons. The van der Waals surface area contributed by atoms with Crippen LogP contribution in [0.1, 0.15) is 84.5 Å². The van der Waals surface area contributed by atoms with Crippen LogP contribution < -0.4 is 0 Å². The van der Waals surface area contributed by atoms with E-state index in [9.17, 15) is 9.90 Å². The van der Waals surface area contributed by atoms with Crippen LogP contribution in [0.4, 0.5) is 0 Å². The number of carbonyl (C=O) groups excluding carboxylic acids is 1. The van der Waals surface area contributed by atoms with Crippen LogP contribution in [0.15, 0.2) is 12.2 Å². The number of ketones is 1. The SMILES string of the molecule is C=C(CO)C(CCCCCC)C(=O)CCCCCCC. The van der Waals surface area contributed by atoms with Gasteiger partial charge in [-0.3, -0.25) is 4.79 Å². The molecule has 0 spiro atoms. The highest BCUT2D eigenvalue weighted by molar-refractivity contribution is 5.83. The maximum Gasteiger partial charge on any atom is 0.140 e. The Hall–Kier alpha value is -0.630. The highest BCUT2D eigenvalue weighted by Crippen LogP contribution is 2.21. The Labute approximate surface area is 125 Å². The van der Waals surface area contributed by atoms with Crippen molar-refractivity contribution in [2.45, 2.75) is 84.5 Å². The van der Waals surface area contributed by atoms with E-state index in [1.54, 1.807) is 0 Å². The summed E-state index contributed by atoms with van der Waals surface area (Å²) in [5.41, 5.74) is 0.708. The molecule has 0 heterocycles. The Morgan fingerprint density at radius 3 is 2.05 bits per heavy atom. The molecule has 1 N–H and O–H groups in total. The van der Waals surface area contributed by atoms with Crippen molar-refractivity contribution in [3.05, 3.63) is 12.2 Å². The van der Waals surface area contributed by atoms with Crippen molar-refractivity contribution in [3.63, 3.8) is 0 Å². The summed E-state index contributed by atoms with van der Waals surface area (Å²) in [4.78, 5) is 12.3. The first-order valence-electron chi connectivity index (χ1n) is 8.48. The standard InChI is InChI=1S/C18H34O2/c1-4-6-8-10-12-14-18(20)17(16(3)15-19)13-11-9-7-5-2/h17,19H,3-15H2,1-2H3. The first kappa shape index (κ1) is 19.4. The third-order valence-electron chi connectivity index (χ3n) is 3.96. The van der Waals surface area contributed by atoms with Gasteiger partial charge in [0.2, 0.25) is 0 Å². The maximum absolute atomic E-state index is 12.3. The summed E-state index contributed by atoms with van der Waals surface area (Å²) >= 11 is 0. The molecule has 0 rings (SSSR count). The number of hydrogen-bond donors (Lipinski definition) is 1. The first-order valence-corrected chi connectivity index (χ1v) is 8.48. The molecular formula is C18H34O2. The zero-order chi connectivity index (χ0) is 15.2. The number of aliphatic hydroxyl groups is 1. The van der Waals surface area contributed by atoms with Gasteiger partial charge in [0.05, 0.1) is 6.61 Å². The number of rotatable bonds is 14. The van der Waals surface area contributed by atoms with Crippen LogP contribution in [0.3, 0.4) is 0 Å². The van der Waals surface area contributed by atoms with Gasteiger partial charge >= 0.3 is 0 Å². The van der Waals surface area contributed by atoms with Gasteiger partial charge in [0.25, 0.3) is 0 Å². The van der Waals surface area contributed by atoms with Gasteiger partial charge in [-0.25, -0.2) is 0 Å². The summed E-state index contributed by atoms with van der Waals surface area (Å²) in [5.74, 6) is 0.181. The largest absolute Gasteiger partial charge is 0.392 e. The molecule has 0 aromatic heterocycles. The molecular weight excluding hydrogens is 248 g/mol. The van der Waals surface area contributed by atoms with Crippen LogP contribution >= 0.6 is 0 Å².